The molecule has 0 aliphatic carbocycles. The Hall–Kier alpha value is -2.56. The molecule has 0 aliphatic rings. The summed E-state index contributed by atoms with van der Waals surface area (Å²) in [7, 11) is 0. The van der Waals surface area contributed by atoms with Crippen LogP contribution in [-0.2, 0) is 6.54 Å². The molecule has 1 N–H and O–H groups in total. The van der Waals surface area contributed by atoms with Gasteiger partial charge in [0.05, 0.1) is 18.0 Å². The van der Waals surface area contributed by atoms with Gasteiger partial charge in [0.2, 0.25) is 0 Å². The van der Waals surface area contributed by atoms with E-state index < -0.39 is 0 Å². The first kappa shape index (κ1) is 13.4. The zero-order chi connectivity index (χ0) is 14.7. The van der Waals surface area contributed by atoms with Gasteiger partial charge in [-0.15, -0.1) is 0 Å². The molecule has 0 fully saturated rings. The van der Waals surface area contributed by atoms with Crippen LogP contribution in [0.25, 0.3) is 10.9 Å². The van der Waals surface area contributed by atoms with Gasteiger partial charge in [-0.3, -0.25) is 9.48 Å². The van der Waals surface area contributed by atoms with E-state index in [1.54, 1.807) is 12.1 Å². The van der Waals surface area contributed by atoms with Crippen LogP contribution in [0, 0.1) is 6.92 Å². The fraction of sp³-hybridized carbons (Fsp3) is 0.250. The van der Waals surface area contributed by atoms with E-state index in [2.05, 4.69) is 29.5 Å². The summed E-state index contributed by atoms with van der Waals surface area (Å²) in [5.74, 6) is 0.163. The molecule has 0 saturated heterocycles. The van der Waals surface area contributed by atoms with Crippen molar-refractivity contribution >= 4 is 16.8 Å². The summed E-state index contributed by atoms with van der Waals surface area (Å²) in [4.78, 5) is 11.7. The van der Waals surface area contributed by atoms with Crippen LogP contribution in [0.5, 0.6) is 0 Å². The van der Waals surface area contributed by atoms with Crippen molar-refractivity contribution in [2.75, 3.05) is 6.54 Å². The number of fused-ring (bicyclic) bond motifs is 1. The number of carbonyl (C=O) groups is 1. The van der Waals surface area contributed by atoms with E-state index in [-0.39, 0.29) is 5.91 Å². The van der Waals surface area contributed by atoms with Gasteiger partial charge in [-0.1, -0.05) is 12.1 Å². The third-order valence-corrected chi connectivity index (χ3v) is 3.48. The van der Waals surface area contributed by atoms with Crippen molar-refractivity contribution in [3.05, 3.63) is 54.1 Å². The highest BCUT2D eigenvalue weighted by atomic mass is 16.3. The smallest absolute Gasteiger partial charge is 0.286 e. The molecule has 0 saturated carbocycles. The molecule has 108 valence electrons. The number of rotatable bonds is 5. The zero-order valence-corrected chi connectivity index (χ0v) is 11.9. The standard InChI is InChI=1S/C16H17N3O2/c1-12-5-2-6-14-13(12)11-18-19(14)9-4-8-17-16(20)15-7-3-10-21-15/h2-3,5-7,10-11H,4,8-9H2,1H3,(H,17,20). The van der Waals surface area contributed by atoms with Gasteiger partial charge in [-0.2, -0.15) is 5.10 Å². The lowest BCUT2D eigenvalue weighted by Crippen LogP contribution is -2.24. The fourth-order valence-electron chi connectivity index (χ4n) is 2.35. The highest BCUT2D eigenvalue weighted by Crippen LogP contribution is 2.17. The van der Waals surface area contributed by atoms with Crippen LogP contribution in [0.4, 0.5) is 0 Å². The average molecular weight is 283 g/mol. The van der Waals surface area contributed by atoms with E-state index in [1.165, 1.54) is 17.2 Å². The summed E-state index contributed by atoms with van der Waals surface area (Å²) in [6.45, 7) is 3.44. The first-order chi connectivity index (χ1) is 10.3. The second-order valence-electron chi connectivity index (χ2n) is 4.96. The summed E-state index contributed by atoms with van der Waals surface area (Å²) in [5.41, 5.74) is 2.36. The maximum Gasteiger partial charge on any atom is 0.286 e. The third kappa shape index (κ3) is 2.81. The Balaban J connectivity index is 1.55. The quantitative estimate of drug-likeness (QED) is 0.732. The summed E-state index contributed by atoms with van der Waals surface area (Å²) < 4.78 is 7.01. The van der Waals surface area contributed by atoms with Gasteiger partial charge in [0.1, 0.15) is 0 Å². The molecule has 1 aromatic carbocycles. The Labute approximate surface area is 122 Å². The Morgan fingerprint density at radius 3 is 3.05 bits per heavy atom. The lowest BCUT2D eigenvalue weighted by atomic mass is 10.1. The number of benzene rings is 1. The van der Waals surface area contributed by atoms with E-state index in [4.69, 9.17) is 4.42 Å². The topological polar surface area (TPSA) is 60.1 Å². The largest absolute Gasteiger partial charge is 0.459 e. The molecule has 0 atom stereocenters. The number of aromatic nitrogens is 2. The number of nitrogens with zero attached hydrogens (tertiary/aromatic N) is 2. The first-order valence-electron chi connectivity index (χ1n) is 6.98. The van der Waals surface area contributed by atoms with Gasteiger partial charge < -0.3 is 9.73 Å². The minimum absolute atomic E-state index is 0.179. The summed E-state index contributed by atoms with van der Waals surface area (Å²) in [5, 5.41) is 8.42. The van der Waals surface area contributed by atoms with Crippen molar-refractivity contribution in [1.82, 2.24) is 15.1 Å². The van der Waals surface area contributed by atoms with Crippen LogP contribution in [0.1, 0.15) is 22.5 Å². The van der Waals surface area contributed by atoms with E-state index in [1.807, 2.05) is 16.9 Å². The maximum absolute atomic E-state index is 11.7. The molecule has 3 rings (SSSR count). The molecule has 21 heavy (non-hydrogen) atoms. The number of furan rings is 1. The molecule has 0 aliphatic heterocycles. The van der Waals surface area contributed by atoms with Crippen molar-refractivity contribution in [2.45, 2.75) is 19.9 Å². The number of amides is 1. The molecule has 0 unspecified atom stereocenters. The number of hydrogen-bond donors (Lipinski definition) is 1. The molecule has 2 aromatic heterocycles. The molecule has 3 aromatic rings. The van der Waals surface area contributed by atoms with E-state index in [0.29, 0.717) is 12.3 Å². The Kier molecular flexibility index (Phi) is 3.73. The zero-order valence-electron chi connectivity index (χ0n) is 11.9. The van der Waals surface area contributed by atoms with Crippen molar-refractivity contribution in [2.24, 2.45) is 0 Å². The van der Waals surface area contributed by atoms with Crippen molar-refractivity contribution < 1.29 is 9.21 Å². The van der Waals surface area contributed by atoms with Crippen LogP contribution >= 0.6 is 0 Å². The molecule has 0 spiro atoms. The van der Waals surface area contributed by atoms with Gasteiger partial charge in [0.15, 0.2) is 5.76 Å². The molecule has 0 bridgehead atoms. The van der Waals surface area contributed by atoms with Crippen molar-refractivity contribution in [3.63, 3.8) is 0 Å². The summed E-state index contributed by atoms with van der Waals surface area (Å²) in [6.07, 6.45) is 4.20. The first-order valence-corrected chi connectivity index (χ1v) is 6.98. The van der Waals surface area contributed by atoms with Gasteiger partial charge in [0, 0.05) is 18.5 Å². The molecule has 5 nitrogen and oxygen atoms in total. The maximum atomic E-state index is 11.7. The van der Waals surface area contributed by atoms with Gasteiger partial charge in [-0.05, 0) is 37.1 Å². The monoisotopic (exact) mass is 283 g/mol. The molecular weight excluding hydrogens is 266 g/mol. The minimum Gasteiger partial charge on any atom is -0.459 e. The minimum atomic E-state index is -0.179. The Morgan fingerprint density at radius 1 is 1.33 bits per heavy atom. The van der Waals surface area contributed by atoms with Crippen molar-refractivity contribution in [1.29, 1.82) is 0 Å². The third-order valence-electron chi connectivity index (χ3n) is 3.48. The van der Waals surface area contributed by atoms with Crippen LogP contribution in [0.15, 0.2) is 47.2 Å². The predicted octanol–water partition coefficient (Wildman–Crippen LogP) is 2.76. The molecule has 2 heterocycles. The Morgan fingerprint density at radius 2 is 2.24 bits per heavy atom. The number of aryl methyl sites for hydroxylation is 2. The average Bonchev–Trinajstić information content (AvgIpc) is 3.14. The van der Waals surface area contributed by atoms with Crippen LogP contribution in [0.2, 0.25) is 0 Å². The van der Waals surface area contributed by atoms with Crippen LogP contribution < -0.4 is 5.32 Å². The van der Waals surface area contributed by atoms with Crippen LogP contribution in [-0.4, -0.2) is 22.2 Å². The summed E-state index contributed by atoms with van der Waals surface area (Å²) >= 11 is 0. The normalized spacial score (nSPS) is 10.9. The van der Waals surface area contributed by atoms with Gasteiger partial charge >= 0.3 is 0 Å². The number of carbonyl (C=O) groups excluding carboxylic acids is 1. The van der Waals surface area contributed by atoms with E-state index in [0.717, 1.165) is 18.5 Å². The van der Waals surface area contributed by atoms with Crippen molar-refractivity contribution in [3.8, 4) is 0 Å². The second kappa shape index (κ2) is 5.83. The van der Waals surface area contributed by atoms with Crippen LogP contribution in [0.3, 0.4) is 0 Å². The molecule has 0 radical (unpaired) electrons. The van der Waals surface area contributed by atoms with Gasteiger partial charge in [-0.25, -0.2) is 0 Å². The molecule has 5 heteroatoms. The predicted molar refractivity (Wildman–Crippen MR) is 80.1 cm³/mol. The van der Waals surface area contributed by atoms with Gasteiger partial charge in [0.25, 0.3) is 5.91 Å². The lowest BCUT2D eigenvalue weighted by molar-refractivity contribution is 0.0925. The molecular formula is C16H17N3O2. The fourth-order valence-corrected chi connectivity index (χ4v) is 2.35. The molecule has 1 amide bonds. The van der Waals surface area contributed by atoms with E-state index >= 15 is 0 Å². The Bertz CT molecular complexity index is 744. The highest BCUT2D eigenvalue weighted by Gasteiger charge is 2.07. The number of nitrogens with one attached hydrogen (secondary N) is 1. The van der Waals surface area contributed by atoms with E-state index in [9.17, 15) is 4.79 Å². The highest BCUT2D eigenvalue weighted by molar-refractivity contribution is 5.91. The summed E-state index contributed by atoms with van der Waals surface area (Å²) in [6, 6.07) is 9.54. The lowest BCUT2D eigenvalue weighted by Gasteiger charge is -2.05. The number of hydrogen-bond acceptors (Lipinski definition) is 3. The second-order valence-corrected chi connectivity index (χ2v) is 4.96. The SMILES string of the molecule is Cc1cccc2c1cnn2CCCNC(=O)c1ccco1.